The second-order valence-corrected chi connectivity index (χ2v) is 4.37. The highest BCUT2D eigenvalue weighted by atomic mass is 16.5. The first-order valence-electron chi connectivity index (χ1n) is 5.96. The van der Waals surface area contributed by atoms with E-state index in [1.54, 1.807) is 0 Å². The lowest BCUT2D eigenvalue weighted by Gasteiger charge is -2.24. The van der Waals surface area contributed by atoms with Gasteiger partial charge in [-0.25, -0.2) is 0 Å². The van der Waals surface area contributed by atoms with E-state index in [-0.39, 0.29) is 18.6 Å². The van der Waals surface area contributed by atoms with E-state index in [0.717, 1.165) is 51.9 Å². The fraction of sp³-hybridized carbons (Fsp3) is 0.909. The number of ether oxygens (including phenoxy) is 1. The minimum Gasteiger partial charge on any atom is -0.367 e. The first kappa shape index (κ1) is 10.9. The maximum Gasteiger partial charge on any atom is 0.248 e. The van der Waals surface area contributed by atoms with Gasteiger partial charge in [-0.05, 0) is 32.2 Å². The Morgan fingerprint density at radius 2 is 2.13 bits per heavy atom. The average Bonchev–Trinajstić information content (AvgIpc) is 2.81. The molecule has 1 N–H and O–H groups in total. The predicted octanol–water partition coefficient (Wildman–Crippen LogP) is 0.377. The van der Waals surface area contributed by atoms with Crippen molar-refractivity contribution in [2.45, 2.75) is 31.8 Å². The third-order valence-corrected chi connectivity index (χ3v) is 3.15. The minimum atomic E-state index is 0.165. The Balaban J connectivity index is 1.65. The number of rotatable bonds is 3. The standard InChI is InChI=1S/C11H20N2O2/c14-11(13-6-1-2-7-13)9-15-10-4-3-5-12-8-10/h10,12H,1-9H2/t10-/m1/s1. The summed E-state index contributed by atoms with van der Waals surface area (Å²) in [6, 6.07) is 0. The topological polar surface area (TPSA) is 41.6 Å². The number of hydrogen-bond donors (Lipinski definition) is 1. The van der Waals surface area contributed by atoms with E-state index in [1.165, 1.54) is 0 Å². The Kier molecular flexibility index (Phi) is 3.97. The summed E-state index contributed by atoms with van der Waals surface area (Å²) in [5, 5.41) is 3.28. The van der Waals surface area contributed by atoms with Crippen molar-refractivity contribution < 1.29 is 9.53 Å². The van der Waals surface area contributed by atoms with Crippen molar-refractivity contribution in [3.05, 3.63) is 0 Å². The average molecular weight is 212 g/mol. The second kappa shape index (κ2) is 5.47. The van der Waals surface area contributed by atoms with Crippen LogP contribution in [-0.2, 0) is 9.53 Å². The molecule has 2 fully saturated rings. The Bertz CT molecular complexity index is 209. The van der Waals surface area contributed by atoms with E-state index in [1.807, 2.05) is 4.90 Å². The number of amides is 1. The van der Waals surface area contributed by atoms with Gasteiger partial charge >= 0.3 is 0 Å². The molecule has 2 saturated heterocycles. The highest BCUT2D eigenvalue weighted by Crippen LogP contribution is 2.09. The normalized spacial score (nSPS) is 26.9. The molecule has 15 heavy (non-hydrogen) atoms. The number of carbonyl (C=O) groups excluding carboxylic acids is 1. The van der Waals surface area contributed by atoms with Gasteiger partial charge < -0.3 is 15.0 Å². The smallest absolute Gasteiger partial charge is 0.248 e. The van der Waals surface area contributed by atoms with Crippen molar-refractivity contribution in [1.82, 2.24) is 10.2 Å². The second-order valence-electron chi connectivity index (χ2n) is 4.37. The van der Waals surface area contributed by atoms with Gasteiger partial charge in [-0.1, -0.05) is 0 Å². The Hall–Kier alpha value is -0.610. The van der Waals surface area contributed by atoms with Gasteiger partial charge in [0, 0.05) is 19.6 Å². The molecule has 0 saturated carbocycles. The molecular weight excluding hydrogens is 192 g/mol. The van der Waals surface area contributed by atoms with E-state index >= 15 is 0 Å². The first-order chi connectivity index (χ1) is 7.36. The summed E-state index contributed by atoms with van der Waals surface area (Å²) in [6.07, 6.45) is 4.78. The lowest BCUT2D eigenvalue weighted by Crippen LogP contribution is -2.38. The van der Waals surface area contributed by atoms with Crippen LogP contribution in [0.1, 0.15) is 25.7 Å². The molecule has 1 atom stereocenters. The van der Waals surface area contributed by atoms with Gasteiger partial charge in [0.05, 0.1) is 6.10 Å². The van der Waals surface area contributed by atoms with E-state index < -0.39 is 0 Å². The fourth-order valence-corrected chi connectivity index (χ4v) is 2.21. The minimum absolute atomic E-state index is 0.165. The van der Waals surface area contributed by atoms with Crippen molar-refractivity contribution >= 4 is 5.91 Å². The lowest BCUT2D eigenvalue weighted by atomic mass is 10.1. The Labute approximate surface area is 91.0 Å². The summed E-state index contributed by atoms with van der Waals surface area (Å²) in [5.41, 5.74) is 0. The van der Waals surface area contributed by atoms with Crippen LogP contribution in [0, 0.1) is 0 Å². The van der Waals surface area contributed by atoms with E-state index in [2.05, 4.69) is 5.32 Å². The van der Waals surface area contributed by atoms with Crippen LogP contribution in [0.4, 0.5) is 0 Å². The van der Waals surface area contributed by atoms with Gasteiger partial charge in [-0.15, -0.1) is 0 Å². The summed E-state index contributed by atoms with van der Waals surface area (Å²) in [6.45, 7) is 4.09. The summed E-state index contributed by atoms with van der Waals surface area (Å²) in [5.74, 6) is 0.165. The first-order valence-corrected chi connectivity index (χ1v) is 5.96. The third-order valence-electron chi connectivity index (χ3n) is 3.15. The lowest BCUT2D eigenvalue weighted by molar-refractivity contribution is -0.137. The molecule has 2 heterocycles. The largest absolute Gasteiger partial charge is 0.367 e. The quantitative estimate of drug-likeness (QED) is 0.735. The number of nitrogens with zero attached hydrogens (tertiary/aromatic N) is 1. The highest BCUT2D eigenvalue weighted by molar-refractivity contribution is 5.77. The summed E-state index contributed by atoms with van der Waals surface area (Å²) in [4.78, 5) is 13.6. The molecule has 2 aliphatic heterocycles. The number of piperidine rings is 1. The molecule has 0 radical (unpaired) electrons. The van der Waals surface area contributed by atoms with Crippen LogP contribution in [0.15, 0.2) is 0 Å². The number of carbonyl (C=O) groups is 1. The number of hydrogen-bond acceptors (Lipinski definition) is 3. The molecule has 0 aromatic rings. The van der Waals surface area contributed by atoms with Crippen molar-refractivity contribution in [2.75, 3.05) is 32.8 Å². The van der Waals surface area contributed by atoms with Crippen LogP contribution in [0.25, 0.3) is 0 Å². The number of nitrogens with one attached hydrogen (secondary N) is 1. The highest BCUT2D eigenvalue weighted by Gasteiger charge is 2.20. The SMILES string of the molecule is O=C(CO[C@@H]1CCCNC1)N1CCCC1. The van der Waals surface area contributed by atoms with Gasteiger partial charge in [0.1, 0.15) is 6.61 Å². The zero-order valence-corrected chi connectivity index (χ0v) is 9.21. The molecular formula is C11H20N2O2. The molecule has 2 aliphatic rings. The molecule has 0 bridgehead atoms. The molecule has 2 rings (SSSR count). The van der Waals surface area contributed by atoms with Crippen molar-refractivity contribution in [1.29, 1.82) is 0 Å². The van der Waals surface area contributed by atoms with Crippen molar-refractivity contribution in [3.8, 4) is 0 Å². The molecule has 0 unspecified atom stereocenters. The van der Waals surface area contributed by atoms with Crippen LogP contribution in [0.2, 0.25) is 0 Å². The predicted molar refractivity (Wildman–Crippen MR) is 57.7 cm³/mol. The molecule has 0 aliphatic carbocycles. The molecule has 0 aromatic carbocycles. The van der Waals surface area contributed by atoms with Crippen molar-refractivity contribution in [2.24, 2.45) is 0 Å². The van der Waals surface area contributed by atoms with E-state index in [0.29, 0.717) is 0 Å². The van der Waals surface area contributed by atoms with Crippen LogP contribution >= 0.6 is 0 Å². The zero-order valence-electron chi connectivity index (χ0n) is 9.21. The summed E-state index contributed by atoms with van der Waals surface area (Å²) >= 11 is 0. The fourth-order valence-electron chi connectivity index (χ4n) is 2.21. The summed E-state index contributed by atoms with van der Waals surface area (Å²) < 4.78 is 5.60. The van der Waals surface area contributed by atoms with E-state index in [4.69, 9.17) is 4.74 Å². The molecule has 4 nitrogen and oxygen atoms in total. The van der Waals surface area contributed by atoms with Gasteiger partial charge in [-0.2, -0.15) is 0 Å². The van der Waals surface area contributed by atoms with Crippen LogP contribution in [0.3, 0.4) is 0 Å². The van der Waals surface area contributed by atoms with Crippen LogP contribution in [0.5, 0.6) is 0 Å². The van der Waals surface area contributed by atoms with Gasteiger partial charge in [0.25, 0.3) is 0 Å². The number of likely N-dealkylation sites (tertiary alicyclic amines) is 1. The maximum atomic E-state index is 11.7. The Morgan fingerprint density at radius 3 is 2.80 bits per heavy atom. The molecule has 1 amide bonds. The van der Waals surface area contributed by atoms with E-state index in [9.17, 15) is 4.79 Å². The third kappa shape index (κ3) is 3.18. The molecule has 0 aromatic heterocycles. The van der Waals surface area contributed by atoms with Gasteiger partial charge in [-0.3, -0.25) is 4.79 Å². The summed E-state index contributed by atoms with van der Waals surface area (Å²) in [7, 11) is 0. The zero-order chi connectivity index (χ0) is 10.5. The van der Waals surface area contributed by atoms with Gasteiger partial charge in [0.15, 0.2) is 0 Å². The molecule has 4 heteroatoms. The molecule has 0 spiro atoms. The Morgan fingerprint density at radius 1 is 1.33 bits per heavy atom. The van der Waals surface area contributed by atoms with Crippen molar-refractivity contribution in [3.63, 3.8) is 0 Å². The molecule has 86 valence electrons. The maximum absolute atomic E-state index is 11.7. The monoisotopic (exact) mass is 212 g/mol. The van der Waals surface area contributed by atoms with Gasteiger partial charge in [0.2, 0.25) is 5.91 Å². The van der Waals surface area contributed by atoms with Crippen LogP contribution in [-0.4, -0.2) is 49.7 Å². The van der Waals surface area contributed by atoms with Crippen LogP contribution < -0.4 is 5.32 Å².